The predicted molar refractivity (Wildman–Crippen MR) is 333 cm³/mol. The van der Waals surface area contributed by atoms with E-state index in [9.17, 15) is 19.8 Å². The van der Waals surface area contributed by atoms with E-state index in [1.807, 2.05) is 13.8 Å². The number of ketones is 2. The fourth-order valence-electron chi connectivity index (χ4n) is 20.0. The predicted octanol–water partition coefficient (Wildman–Crippen LogP) is 7.41. The zero-order chi connectivity index (χ0) is 64.3. The minimum Gasteiger partial charge on any atom is -0.449 e. The van der Waals surface area contributed by atoms with Crippen LogP contribution in [0.3, 0.4) is 0 Å². The second-order valence-corrected chi connectivity index (χ2v) is 29.3. The molecule has 90 heavy (non-hydrogen) atoms. The number of rotatable bonds is 41. The van der Waals surface area contributed by atoms with Gasteiger partial charge in [-0.2, -0.15) is 0 Å². The second-order valence-electron chi connectivity index (χ2n) is 29.3. The molecule has 0 heterocycles. The zero-order valence-electron chi connectivity index (χ0n) is 55.8. The maximum Gasteiger partial charge on any atom is 0.309 e. The lowest BCUT2D eigenvalue weighted by Gasteiger charge is -2.61. The Kier molecular flexibility index (Phi) is 29.1. The molecule has 0 aromatic carbocycles. The summed E-state index contributed by atoms with van der Waals surface area (Å²) in [5, 5.41) is 39.1. The number of hydrogen-bond donors (Lipinski definition) is 4. The molecule has 8 aliphatic carbocycles. The van der Waals surface area contributed by atoms with Crippen LogP contribution in [-0.4, -0.2) is 214 Å². The first-order valence-corrected chi connectivity index (χ1v) is 35.2. The summed E-state index contributed by atoms with van der Waals surface area (Å²) in [6.07, 6.45) is 13.8. The molecular formula is C70H118O20. The van der Waals surface area contributed by atoms with Gasteiger partial charge in [0.25, 0.3) is 0 Å². The highest BCUT2D eigenvalue weighted by Gasteiger charge is 2.63. The van der Waals surface area contributed by atoms with E-state index in [4.69, 9.17) is 67.1 Å². The second kappa shape index (κ2) is 35.6. The summed E-state index contributed by atoms with van der Waals surface area (Å²) in [7, 11) is 0. The quantitative estimate of drug-likeness (QED) is 0.0343. The molecule has 0 radical (unpaired) electrons. The Morgan fingerprint density at radius 1 is 0.367 bits per heavy atom. The monoisotopic (exact) mass is 1280 g/mol. The highest BCUT2D eigenvalue weighted by atomic mass is 16.6. The Hall–Kier alpha value is -2.28. The number of fused-ring (bicyclic) bond motifs is 10. The Morgan fingerprint density at radius 3 is 0.978 bits per heavy atom. The van der Waals surface area contributed by atoms with E-state index in [2.05, 4.69) is 27.7 Å². The average molecular weight is 1280 g/mol. The Bertz CT molecular complexity index is 2040. The van der Waals surface area contributed by atoms with Gasteiger partial charge in [0, 0.05) is 0 Å². The molecule has 8 fully saturated rings. The minimum atomic E-state index is -1.82. The molecule has 20 atom stereocenters. The van der Waals surface area contributed by atoms with Gasteiger partial charge in [0.15, 0.2) is 0 Å². The van der Waals surface area contributed by atoms with E-state index >= 15 is 9.59 Å². The number of esters is 2. The molecular weight excluding hydrogens is 1160 g/mol. The van der Waals surface area contributed by atoms with Gasteiger partial charge in [0.2, 0.25) is 23.8 Å². The molecule has 0 amide bonds. The summed E-state index contributed by atoms with van der Waals surface area (Å²) in [5.74, 6) is 0.120. The Balaban J connectivity index is 0.940. The van der Waals surface area contributed by atoms with E-state index in [1.54, 1.807) is 0 Å². The van der Waals surface area contributed by atoms with E-state index < -0.39 is 60.8 Å². The SMILES string of the molecule is C[C@H](C(=O)O[C@H](C(=O)COCCOCCOCCOCCOCCO)[C@H](OC(=O)[C@@H](C)[C@H]1CC[C@H]2[C@@H]3CC[C@H]4C[C@@H](O)CC[C@]4(C)[C@H]3CC[C@]12C)C(=O)COCCOCCOCCOCCOCCO)[C@H]1CC[C@H]2[C@@H]3CC[C@H]4C[C@@H](O)CC[C@]4(C)[C@H]3CC[C@]12C. The number of carbonyl (C=O) groups excluding carboxylic acids is 4. The van der Waals surface area contributed by atoms with Crippen molar-refractivity contribution in [2.45, 2.75) is 182 Å². The van der Waals surface area contributed by atoms with Crippen molar-refractivity contribution in [1.29, 1.82) is 0 Å². The highest BCUT2D eigenvalue weighted by molar-refractivity contribution is 5.97. The normalized spacial score (nSPS) is 35.8. The van der Waals surface area contributed by atoms with E-state index in [-0.39, 0.29) is 112 Å². The van der Waals surface area contributed by atoms with Crippen LogP contribution in [0.5, 0.6) is 0 Å². The van der Waals surface area contributed by atoms with Crippen LogP contribution in [0, 0.1) is 92.7 Å². The van der Waals surface area contributed by atoms with Crippen LogP contribution in [0.2, 0.25) is 0 Å². The zero-order valence-corrected chi connectivity index (χ0v) is 55.8. The number of aliphatic hydroxyl groups excluding tert-OH is 4. The highest BCUT2D eigenvalue weighted by Crippen LogP contribution is 2.70. The van der Waals surface area contributed by atoms with E-state index in [0.29, 0.717) is 113 Å². The van der Waals surface area contributed by atoms with Crippen molar-refractivity contribution in [2.24, 2.45) is 92.7 Å². The first-order valence-electron chi connectivity index (χ1n) is 35.2. The van der Waals surface area contributed by atoms with E-state index in [1.165, 1.54) is 0 Å². The summed E-state index contributed by atoms with van der Waals surface area (Å²) in [5.41, 5.74) is 0.0958. The van der Waals surface area contributed by atoms with Gasteiger partial charge in [0.05, 0.1) is 156 Å². The van der Waals surface area contributed by atoms with Crippen molar-refractivity contribution >= 4 is 23.5 Å². The van der Waals surface area contributed by atoms with Crippen molar-refractivity contribution in [3.05, 3.63) is 0 Å². The lowest BCUT2D eigenvalue weighted by atomic mass is 9.44. The Morgan fingerprint density at radius 2 is 0.656 bits per heavy atom. The number of Topliss-reactive ketones (excluding diaryl/α,β-unsaturated/α-hetero) is 2. The third kappa shape index (κ3) is 18.2. The van der Waals surface area contributed by atoms with Crippen molar-refractivity contribution in [3.8, 4) is 0 Å². The third-order valence-electron chi connectivity index (χ3n) is 24.7. The lowest BCUT2D eigenvalue weighted by Crippen LogP contribution is -2.55. The van der Waals surface area contributed by atoms with Gasteiger partial charge in [-0.1, -0.05) is 41.5 Å². The molecule has 0 saturated heterocycles. The van der Waals surface area contributed by atoms with Crippen LogP contribution in [0.1, 0.15) is 157 Å². The van der Waals surface area contributed by atoms with Gasteiger partial charge in [-0.05, 0) is 196 Å². The van der Waals surface area contributed by atoms with Crippen molar-refractivity contribution in [2.75, 3.05) is 145 Å². The van der Waals surface area contributed by atoms with E-state index in [0.717, 1.165) is 116 Å². The Labute approximate surface area is 537 Å². The maximum atomic E-state index is 15.1. The number of carbonyl (C=O) groups is 4. The summed E-state index contributed by atoms with van der Waals surface area (Å²) >= 11 is 0. The summed E-state index contributed by atoms with van der Waals surface area (Å²) in [6.45, 7) is 17.2. The van der Waals surface area contributed by atoms with Crippen molar-refractivity contribution in [3.63, 3.8) is 0 Å². The molecule has 8 rings (SSSR count). The molecule has 0 aliphatic heterocycles. The number of hydrogen-bond acceptors (Lipinski definition) is 20. The van der Waals surface area contributed by atoms with Crippen LogP contribution in [0.15, 0.2) is 0 Å². The third-order valence-corrected chi connectivity index (χ3v) is 24.7. The van der Waals surface area contributed by atoms with Gasteiger partial charge in [-0.15, -0.1) is 0 Å². The molecule has 0 spiro atoms. The minimum absolute atomic E-state index is 0.00801. The van der Waals surface area contributed by atoms with Crippen LogP contribution >= 0.6 is 0 Å². The lowest BCUT2D eigenvalue weighted by molar-refractivity contribution is -0.185. The van der Waals surface area contributed by atoms with Gasteiger partial charge >= 0.3 is 11.9 Å². The van der Waals surface area contributed by atoms with Crippen LogP contribution in [0.4, 0.5) is 0 Å². The number of ether oxygens (including phenoxy) is 12. The summed E-state index contributed by atoms with van der Waals surface area (Å²) in [6, 6.07) is 0. The smallest absolute Gasteiger partial charge is 0.309 e. The number of aliphatic hydroxyl groups is 4. The van der Waals surface area contributed by atoms with Gasteiger partial charge in [-0.3, -0.25) is 19.2 Å². The van der Waals surface area contributed by atoms with Crippen molar-refractivity contribution in [1.82, 2.24) is 0 Å². The molecule has 518 valence electrons. The van der Waals surface area contributed by atoms with Crippen LogP contribution in [0.25, 0.3) is 0 Å². The molecule has 8 aliphatic rings. The molecule has 8 saturated carbocycles. The standard InChI is InChI=1S/C70H118O20/c1-47(55-11-13-57-53-9-7-49-43-51(73)15-19-67(49,3)59(53)17-21-69(55,57)5)65(77)89-63(61(75)45-87-41-39-85-37-35-83-33-31-81-29-27-79-25-23-71)64(62(76)46-88-42-40-86-38-36-84-34-32-82-30-28-80-26-24-72)90-66(78)48(2)56-12-14-58-54-10-8-50-44-52(74)16-20-68(50,4)60(54)18-22-70(56,58)6/h47-60,63-64,71-74H,7-46H2,1-6H3/t47-,48-,49-,50-,51-,52-,53-,54-,55+,56+,57-,58-,59-,60-,63+,64+,67-,68-,69+,70+/m0/s1. The molecule has 0 unspecified atom stereocenters. The van der Waals surface area contributed by atoms with Gasteiger partial charge < -0.3 is 77.3 Å². The molecule has 0 aromatic rings. The molecule has 0 aromatic heterocycles. The molecule has 20 heteroatoms. The fraction of sp³-hybridized carbons (Fsp3) is 0.943. The topological polar surface area (TPSA) is 260 Å². The van der Waals surface area contributed by atoms with Crippen LogP contribution < -0.4 is 0 Å². The average Bonchev–Trinajstić information content (AvgIpc) is 1.37. The van der Waals surface area contributed by atoms with Gasteiger partial charge in [-0.25, -0.2) is 0 Å². The molecule has 20 nitrogen and oxygen atoms in total. The summed E-state index contributed by atoms with van der Waals surface area (Å²) < 4.78 is 68.7. The largest absolute Gasteiger partial charge is 0.449 e. The molecule has 4 N–H and O–H groups in total. The first-order chi connectivity index (χ1) is 43.4. The maximum absolute atomic E-state index is 15.1. The first kappa shape index (κ1) is 73.5. The molecule has 0 bridgehead atoms. The van der Waals surface area contributed by atoms with Crippen LogP contribution in [-0.2, 0) is 76.0 Å². The fourth-order valence-corrected chi connectivity index (χ4v) is 20.0. The van der Waals surface area contributed by atoms with Gasteiger partial charge in [0.1, 0.15) is 13.2 Å². The van der Waals surface area contributed by atoms with Crippen molar-refractivity contribution < 1.29 is 96.4 Å². The summed E-state index contributed by atoms with van der Waals surface area (Å²) in [4.78, 5) is 60.0.